The van der Waals surface area contributed by atoms with E-state index in [0.717, 1.165) is 29.3 Å². The molecule has 0 spiro atoms. The number of nitriles is 1. The van der Waals surface area contributed by atoms with E-state index in [2.05, 4.69) is 59.3 Å². The van der Waals surface area contributed by atoms with Crippen LogP contribution in [0.3, 0.4) is 0 Å². The fourth-order valence-corrected chi connectivity index (χ4v) is 7.34. The highest BCUT2D eigenvalue weighted by Crippen LogP contribution is 2.40. The van der Waals surface area contributed by atoms with Crippen molar-refractivity contribution in [1.29, 1.82) is 5.26 Å². The third-order valence-corrected chi connectivity index (χ3v) is 9.79. The highest BCUT2D eigenvalue weighted by atomic mass is 35.5. The van der Waals surface area contributed by atoms with Crippen LogP contribution < -0.4 is 10.2 Å². The lowest BCUT2D eigenvalue weighted by atomic mass is 9.81. The molecule has 0 amide bonds. The van der Waals surface area contributed by atoms with Gasteiger partial charge in [-0.25, -0.2) is 23.4 Å². The largest absolute Gasteiger partial charge is 0.368 e. The van der Waals surface area contributed by atoms with Gasteiger partial charge in [-0.3, -0.25) is 4.68 Å². The summed E-state index contributed by atoms with van der Waals surface area (Å²) in [6.07, 6.45) is 8.23. The maximum Gasteiger partial charge on any atom is 0.166 e. The second-order valence-electron chi connectivity index (χ2n) is 11.8. The molecule has 2 aliphatic rings. The minimum atomic E-state index is -3.03. The highest BCUT2D eigenvalue weighted by molar-refractivity contribution is 7.90. The lowest BCUT2D eigenvalue weighted by Crippen LogP contribution is -2.57. The second kappa shape index (κ2) is 10.8. The van der Waals surface area contributed by atoms with Crippen molar-refractivity contribution in [2.45, 2.75) is 51.6 Å². The Kier molecular flexibility index (Phi) is 7.31. The summed E-state index contributed by atoms with van der Waals surface area (Å²) in [5, 5.41) is 19.3. The Labute approximate surface area is 250 Å². The van der Waals surface area contributed by atoms with E-state index in [4.69, 9.17) is 26.8 Å². The smallest absolute Gasteiger partial charge is 0.166 e. The van der Waals surface area contributed by atoms with Gasteiger partial charge in [-0.1, -0.05) is 31.5 Å². The van der Waals surface area contributed by atoms with Gasteiger partial charge < -0.3 is 10.2 Å². The monoisotopic (exact) mass is 604 g/mol. The summed E-state index contributed by atoms with van der Waals surface area (Å²) < 4.78 is 25.5. The van der Waals surface area contributed by atoms with Gasteiger partial charge in [0.2, 0.25) is 0 Å². The van der Waals surface area contributed by atoms with Crippen LogP contribution in [0.4, 0.5) is 17.3 Å². The third kappa shape index (κ3) is 5.41. The molecule has 1 saturated heterocycles. The van der Waals surface area contributed by atoms with Crippen molar-refractivity contribution in [3.05, 3.63) is 53.6 Å². The maximum atomic E-state index is 11.9. The summed E-state index contributed by atoms with van der Waals surface area (Å²) in [7, 11) is -3.03. The summed E-state index contributed by atoms with van der Waals surface area (Å²) in [5.74, 6) is 2.36. The number of halogens is 1. The molecule has 218 valence electrons. The zero-order chi connectivity index (χ0) is 29.8. The normalized spacial score (nSPS) is 22.1. The van der Waals surface area contributed by atoms with Crippen molar-refractivity contribution in [2.24, 2.45) is 11.8 Å². The van der Waals surface area contributed by atoms with Gasteiger partial charge in [0.05, 0.1) is 29.3 Å². The van der Waals surface area contributed by atoms with Crippen LogP contribution in [0.2, 0.25) is 5.15 Å². The lowest BCUT2D eigenvalue weighted by molar-refractivity contribution is 0.230. The molecular formula is C30H33ClN8O2S. The number of fused-ring (bicyclic) bond motifs is 1. The Bertz CT molecular complexity index is 1810. The number of pyridine rings is 1. The summed E-state index contributed by atoms with van der Waals surface area (Å²) >= 11 is 6.46. The average molecular weight is 605 g/mol. The van der Waals surface area contributed by atoms with E-state index in [9.17, 15) is 8.42 Å². The molecular weight excluding hydrogens is 572 g/mol. The Morgan fingerprint density at radius 1 is 1.17 bits per heavy atom. The number of sulfone groups is 1. The Morgan fingerprint density at radius 2 is 1.95 bits per heavy atom. The molecule has 4 heterocycles. The van der Waals surface area contributed by atoms with E-state index in [-0.39, 0.29) is 29.7 Å². The first kappa shape index (κ1) is 28.4. The topological polar surface area (TPSA) is 130 Å². The van der Waals surface area contributed by atoms with Crippen LogP contribution in [0.1, 0.15) is 51.1 Å². The van der Waals surface area contributed by atoms with Crippen molar-refractivity contribution in [2.75, 3.05) is 28.8 Å². The molecule has 1 N–H and O–H groups in total. The summed E-state index contributed by atoms with van der Waals surface area (Å²) in [5.41, 5.74) is 2.91. The SMILES string of the molecule is CC(C)c1ccc(N2C[C@H](CS(C)(=O)=O)[C@H]2C)c2cnc(Nc3ccnc(-c4cn(C5CC(C#N)C5)nc4Cl)n3)cc12. The Balaban J connectivity index is 1.26. The third-order valence-electron chi connectivity index (χ3n) is 8.47. The van der Waals surface area contributed by atoms with Gasteiger partial charge in [-0.15, -0.1) is 0 Å². The van der Waals surface area contributed by atoms with Gasteiger partial charge in [-0.2, -0.15) is 10.4 Å². The van der Waals surface area contributed by atoms with Gasteiger partial charge in [0.25, 0.3) is 0 Å². The number of hydrogen-bond donors (Lipinski definition) is 1. The molecule has 10 nitrogen and oxygen atoms in total. The van der Waals surface area contributed by atoms with Crippen molar-refractivity contribution in [3.63, 3.8) is 0 Å². The molecule has 1 aromatic carbocycles. The molecule has 4 aromatic rings. The van der Waals surface area contributed by atoms with Crippen LogP contribution in [-0.4, -0.2) is 57.7 Å². The van der Waals surface area contributed by atoms with Gasteiger partial charge in [0, 0.05) is 54.4 Å². The zero-order valence-electron chi connectivity index (χ0n) is 24.0. The number of nitrogens with one attached hydrogen (secondary N) is 1. The Hall–Kier alpha value is -3.75. The number of rotatable bonds is 8. The van der Waals surface area contributed by atoms with Crippen molar-refractivity contribution < 1.29 is 8.42 Å². The number of benzene rings is 1. The minimum Gasteiger partial charge on any atom is -0.368 e. The number of hydrogen-bond acceptors (Lipinski definition) is 9. The highest BCUT2D eigenvalue weighted by Gasteiger charge is 2.38. The summed E-state index contributed by atoms with van der Waals surface area (Å²) in [6, 6.07) is 10.7. The second-order valence-corrected chi connectivity index (χ2v) is 14.4. The molecule has 0 unspecified atom stereocenters. The first-order valence-electron chi connectivity index (χ1n) is 14.1. The van der Waals surface area contributed by atoms with E-state index in [1.54, 1.807) is 12.3 Å². The molecule has 12 heteroatoms. The van der Waals surface area contributed by atoms with Crippen LogP contribution in [0.25, 0.3) is 22.2 Å². The predicted molar refractivity (Wildman–Crippen MR) is 165 cm³/mol. The fraction of sp³-hybridized carbons (Fsp3) is 0.433. The van der Waals surface area contributed by atoms with Crippen LogP contribution in [0.5, 0.6) is 0 Å². The minimum absolute atomic E-state index is 0.0676. The van der Waals surface area contributed by atoms with Crippen molar-refractivity contribution >= 4 is 49.5 Å². The number of anilines is 3. The first-order valence-corrected chi connectivity index (χ1v) is 16.6. The number of aromatic nitrogens is 5. The van der Waals surface area contributed by atoms with E-state index in [1.807, 2.05) is 23.1 Å². The van der Waals surface area contributed by atoms with Crippen molar-refractivity contribution in [1.82, 2.24) is 24.7 Å². The van der Waals surface area contributed by atoms with Crippen LogP contribution >= 0.6 is 11.6 Å². The van der Waals surface area contributed by atoms with Crippen LogP contribution in [0, 0.1) is 23.2 Å². The molecule has 2 atom stereocenters. The van der Waals surface area contributed by atoms with E-state index >= 15 is 0 Å². The van der Waals surface area contributed by atoms with Crippen molar-refractivity contribution in [3.8, 4) is 17.5 Å². The predicted octanol–water partition coefficient (Wildman–Crippen LogP) is 5.75. The standard InChI is InChI=1S/C30H33ClN8O2S/c1-17(2)22-5-6-26(38-14-20(18(38)3)16-42(4,40)41)24-13-34-28(11-23(22)24)35-27-7-8-33-30(36-27)25-15-39(37-29(25)31)21-9-19(10-21)12-32/h5-8,11,13,15,17-21H,9-10,14,16H2,1-4H3,(H,33,34,35,36)/t18-,19?,20-,21?/m1/s1. The van der Waals surface area contributed by atoms with Crippen LogP contribution in [0.15, 0.2) is 42.9 Å². The van der Waals surface area contributed by atoms with E-state index < -0.39 is 9.84 Å². The molecule has 1 aliphatic carbocycles. The quantitative estimate of drug-likeness (QED) is 0.267. The number of nitrogens with zero attached hydrogens (tertiary/aromatic N) is 7. The molecule has 3 aromatic heterocycles. The molecule has 1 saturated carbocycles. The molecule has 1 aliphatic heterocycles. The summed E-state index contributed by atoms with van der Waals surface area (Å²) in [4.78, 5) is 16.1. The van der Waals surface area contributed by atoms with Gasteiger partial charge >= 0.3 is 0 Å². The summed E-state index contributed by atoms with van der Waals surface area (Å²) in [6.45, 7) is 7.12. The maximum absolute atomic E-state index is 11.9. The molecule has 6 rings (SSSR count). The van der Waals surface area contributed by atoms with Crippen LogP contribution in [-0.2, 0) is 9.84 Å². The first-order chi connectivity index (χ1) is 20.0. The van der Waals surface area contributed by atoms with Gasteiger partial charge in [0.15, 0.2) is 11.0 Å². The van der Waals surface area contributed by atoms with Gasteiger partial charge in [-0.05, 0) is 54.8 Å². The lowest BCUT2D eigenvalue weighted by Gasteiger charge is -2.48. The molecule has 0 radical (unpaired) electrons. The van der Waals surface area contributed by atoms with Gasteiger partial charge in [0.1, 0.15) is 21.5 Å². The van der Waals surface area contributed by atoms with E-state index in [0.29, 0.717) is 40.6 Å². The molecule has 0 bridgehead atoms. The average Bonchev–Trinajstić information content (AvgIpc) is 3.30. The molecule has 2 fully saturated rings. The zero-order valence-corrected chi connectivity index (χ0v) is 25.6. The van der Waals surface area contributed by atoms with E-state index in [1.165, 1.54) is 11.8 Å². The Morgan fingerprint density at radius 3 is 2.64 bits per heavy atom. The fourth-order valence-electron chi connectivity index (χ4n) is 5.96. The molecule has 42 heavy (non-hydrogen) atoms.